The van der Waals surface area contributed by atoms with Gasteiger partial charge in [-0.15, -0.1) is 0 Å². The molecule has 0 aromatic carbocycles. The fourth-order valence-corrected chi connectivity index (χ4v) is 9.59. The van der Waals surface area contributed by atoms with Crippen LogP contribution in [-0.2, 0) is 23.8 Å². The molecule has 11 heteroatoms. The van der Waals surface area contributed by atoms with Crippen molar-refractivity contribution in [2.75, 3.05) is 13.2 Å². The highest BCUT2D eigenvalue weighted by Crippen LogP contribution is 2.26. The molecule has 0 aromatic rings. The summed E-state index contributed by atoms with van der Waals surface area (Å²) in [5.74, 6) is -1.23. The molecule has 0 aromatic heterocycles. The van der Waals surface area contributed by atoms with Gasteiger partial charge in [-0.3, -0.25) is 9.59 Å². The molecule has 460 valence electrons. The summed E-state index contributed by atoms with van der Waals surface area (Å²) in [4.78, 5) is 26.6. The van der Waals surface area contributed by atoms with Crippen LogP contribution in [0.1, 0.15) is 265 Å². The Kier molecular flexibility index (Phi) is 52.3. The average Bonchev–Trinajstić information content (AvgIpc) is 3.45. The number of aliphatic hydroxyl groups excluding tert-OH is 5. The Balaban J connectivity index is 2.67. The summed E-state index contributed by atoms with van der Waals surface area (Å²) < 4.78 is 17.6. The molecule has 8 atom stereocenters. The van der Waals surface area contributed by atoms with Crippen molar-refractivity contribution in [2.45, 2.75) is 314 Å². The van der Waals surface area contributed by atoms with E-state index in [1.54, 1.807) is 6.08 Å². The van der Waals surface area contributed by atoms with Crippen molar-refractivity contribution in [1.82, 2.24) is 5.32 Å². The number of carbonyl (C=O) groups is 2. The van der Waals surface area contributed by atoms with Gasteiger partial charge in [0.15, 0.2) is 12.4 Å². The number of rotatable bonds is 54. The minimum absolute atomic E-state index is 0.113. The summed E-state index contributed by atoms with van der Waals surface area (Å²) in [6, 6.07) is -1.05. The van der Waals surface area contributed by atoms with Gasteiger partial charge < -0.3 is 45.1 Å². The third-order valence-corrected chi connectivity index (χ3v) is 14.7. The SMILES string of the molecule is CC/C=C\C/C=C\C/C=C\C/C=C\C/C=C\CCCCC(O)C(=O)NC(COC1OC(CO)C(O)C(O)C1OC(=O)CCCCCCCCCCCCC/C=C\C/C=C\CCCCC)C(O)/C=C/CCCCCCCCCCCC. The third-order valence-electron chi connectivity index (χ3n) is 14.7. The second-order valence-electron chi connectivity index (χ2n) is 22.1. The number of hydrogen-bond acceptors (Lipinski definition) is 10. The molecule has 6 N–H and O–H groups in total. The molecule has 1 saturated heterocycles. The molecule has 1 fully saturated rings. The molecule has 0 bridgehead atoms. The van der Waals surface area contributed by atoms with Crippen LogP contribution < -0.4 is 5.32 Å². The molecule has 1 amide bonds. The Morgan fingerprint density at radius 2 is 0.900 bits per heavy atom. The lowest BCUT2D eigenvalue weighted by atomic mass is 9.99. The maximum absolute atomic E-state index is 13.4. The van der Waals surface area contributed by atoms with Crippen molar-refractivity contribution in [3.63, 3.8) is 0 Å². The quantitative estimate of drug-likeness (QED) is 0.0195. The maximum Gasteiger partial charge on any atom is 0.306 e. The van der Waals surface area contributed by atoms with E-state index in [9.17, 15) is 35.1 Å². The fourth-order valence-electron chi connectivity index (χ4n) is 9.59. The van der Waals surface area contributed by atoms with Gasteiger partial charge in [-0.05, 0) is 103 Å². The van der Waals surface area contributed by atoms with Gasteiger partial charge in [-0.1, -0.05) is 253 Å². The monoisotopic (exact) mass is 1120 g/mol. The number of esters is 1. The van der Waals surface area contributed by atoms with Gasteiger partial charge in [0.1, 0.15) is 24.4 Å². The predicted octanol–water partition coefficient (Wildman–Crippen LogP) is 15.9. The highest BCUT2D eigenvalue weighted by Gasteiger charge is 2.47. The minimum Gasteiger partial charge on any atom is -0.454 e. The van der Waals surface area contributed by atoms with Crippen LogP contribution in [0.4, 0.5) is 0 Å². The van der Waals surface area contributed by atoms with E-state index in [4.69, 9.17) is 14.2 Å². The number of ether oxygens (including phenoxy) is 3. The topological polar surface area (TPSA) is 175 Å². The van der Waals surface area contributed by atoms with Gasteiger partial charge in [-0.2, -0.15) is 0 Å². The van der Waals surface area contributed by atoms with Gasteiger partial charge in [0.2, 0.25) is 5.91 Å². The summed E-state index contributed by atoms with van der Waals surface area (Å²) in [5.41, 5.74) is 0. The van der Waals surface area contributed by atoms with E-state index in [-0.39, 0.29) is 19.4 Å². The number of unbranched alkanes of at least 4 members (excludes halogenated alkanes) is 26. The number of amides is 1. The molecule has 1 rings (SSSR count). The Morgan fingerprint density at radius 1 is 0.500 bits per heavy atom. The molecule has 11 nitrogen and oxygen atoms in total. The van der Waals surface area contributed by atoms with Gasteiger partial charge in [0, 0.05) is 6.42 Å². The van der Waals surface area contributed by atoms with E-state index < -0.39 is 67.4 Å². The lowest BCUT2D eigenvalue weighted by molar-refractivity contribution is -0.305. The number of carbonyl (C=O) groups excluding carboxylic acids is 2. The molecule has 1 heterocycles. The largest absolute Gasteiger partial charge is 0.454 e. The van der Waals surface area contributed by atoms with Crippen LogP contribution in [0.25, 0.3) is 0 Å². The normalized spacial score (nSPS) is 19.4. The van der Waals surface area contributed by atoms with E-state index in [0.717, 1.165) is 96.3 Å². The summed E-state index contributed by atoms with van der Waals surface area (Å²) in [7, 11) is 0. The highest BCUT2D eigenvalue weighted by atomic mass is 16.7. The van der Waals surface area contributed by atoms with Gasteiger partial charge in [-0.25, -0.2) is 0 Å². The van der Waals surface area contributed by atoms with Crippen molar-refractivity contribution < 1.29 is 49.3 Å². The Morgan fingerprint density at radius 3 is 1.38 bits per heavy atom. The van der Waals surface area contributed by atoms with Crippen molar-refractivity contribution in [2.24, 2.45) is 0 Å². The van der Waals surface area contributed by atoms with E-state index in [0.29, 0.717) is 12.8 Å². The van der Waals surface area contributed by atoms with Crippen LogP contribution in [0.15, 0.2) is 97.2 Å². The standard InChI is InChI=1S/C69H119NO10/c1-4-7-10-13-16-19-22-25-27-29-31-32-33-35-37-39-42-45-48-51-54-57-64(74)80-67-66(76)65(75)63(58-71)79-69(67)78-59-60(61(72)55-52-49-46-43-40-24-21-18-15-12-9-6-3)70-68(77)62(73)56-53-50-47-44-41-38-36-34-30-28-26-23-20-17-14-11-8-5-2/h8,11,16-17,19-20,25-28,34,36,41,44,52,55,60-63,65-67,69,71-73,75-76H,4-7,9-10,12-15,18,21-24,29-33,35,37-40,42-43,45-51,53-54,56-59H2,1-3H3,(H,70,77)/b11-8-,19-16-,20-17-,27-25-,28-26-,36-34-,44-41-,55-52+. The summed E-state index contributed by atoms with van der Waals surface area (Å²) in [6.45, 7) is 5.63. The Hall–Kier alpha value is -3.42. The van der Waals surface area contributed by atoms with E-state index in [2.05, 4.69) is 111 Å². The van der Waals surface area contributed by atoms with E-state index >= 15 is 0 Å². The highest BCUT2D eigenvalue weighted by molar-refractivity contribution is 5.80. The lowest BCUT2D eigenvalue weighted by Gasteiger charge is -2.41. The predicted molar refractivity (Wildman–Crippen MR) is 333 cm³/mol. The van der Waals surface area contributed by atoms with Gasteiger partial charge >= 0.3 is 5.97 Å². The van der Waals surface area contributed by atoms with E-state index in [1.165, 1.54) is 122 Å². The fraction of sp³-hybridized carbons (Fsp3) is 0.739. The average molecular weight is 1120 g/mol. The van der Waals surface area contributed by atoms with Crippen LogP contribution in [0, 0.1) is 0 Å². The first-order valence-electron chi connectivity index (χ1n) is 32.5. The molecule has 0 aliphatic carbocycles. The van der Waals surface area contributed by atoms with Crippen LogP contribution in [0.3, 0.4) is 0 Å². The van der Waals surface area contributed by atoms with E-state index in [1.807, 2.05) is 6.08 Å². The zero-order chi connectivity index (χ0) is 58.2. The Bertz CT molecular complexity index is 1670. The van der Waals surface area contributed by atoms with Crippen LogP contribution in [0.2, 0.25) is 0 Å². The number of allylic oxidation sites excluding steroid dienone is 15. The molecular formula is C69H119NO10. The minimum atomic E-state index is -1.63. The molecule has 80 heavy (non-hydrogen) atoms. The van der Waals surface area contributed by atoms with Crippen LogP contribution >= 0.6 is 0 Å². The molecule has 0 spiro atoms. The Labute approximate surface area is 488 Å². The molecule has 1 aliphatic heterocycles. The van der Waals surface area contributed by atoms with Crippen molar-refractivity contribution in [3.8, 4) is 0 Å². The molecule has 1 aliphatic rings. The van der Waals surface area contributed by atoms with Crippen molar-refractivity contribution in [1.29, 1.82) is 0 Å². The zero-order valence-corrected chi connectivity index (χ0v) is 50.9. The number of nitrogens with one attached hydrogen (secondary N) is 1. The smallest absolute Gasteiger partial charge is 0.306 e. The first-order valence-corrected chi connectivity index (χ1v) is 32.5. The molecular weight excluding hydrogens is 1000 g/mol. The first kappa shape index (κ1) is 74.6. The number of aliphatic hydroxyl groups is 5. The molecule has 0 radical (unpaired) electrons. The lowest BCUT2D eigenvalue weighted by Crippen LogP contribution is -2.61. The summed E-state index contributed by atoms with van der Waals surface area (Å²) in [6.07, 6.45) is 64.4. The second-order valence-corrected chi connectivity index (χ2v) is 22.1. The maximum atomic E-state index is 13.4. The zero-order valence-electron chi connectivity index (χ0n) is 50.9. The first-order chi connectivity index (χ1) is 39.2. The van der Waals surface area contributed by atoms with Crippen LogP contribution in [-0.4, -0.2) is 99.6 Å². The van der Waals surface area contributed by atoms with Gasteiger partial charge in [0.05, 0.1) is 25.4 Å². The van der Waals surface area contributed by atoms with Gasteiger partial charge in [0.25, 0.3) is 0 Å². The van der Waals surface area contributed by atoms with Crippen LogP contribution in [0.5, 0.6) is 0 Å². The second kappa shape index (κ2) is 56.1. The third kappa shape index (κ3) is 43.3. The molecule has 8 unspecified atom stereocenters. The number of hydrogen-bond donors (Lipinski definition) is 6. The summed E-state index contributed by atoms with van der Waals surface area (Å²) in [5, 5.41) is 57.0. The van der Waals surface area contributed by atoms with Crippen molar-refractivity contribution >= 4 is 11.9 Å². The molecule has 0 saturated carbocycles. The summed E-state index contributed by atoms with van der Waals surface area (Å²) >= 11 is 0. The van der Waals surface area contributed by atoms with Crippen molar-refractivity contribution in [3.05, 3.63) is 97.2 Å².